The van der Waals surface area contributed by atoms with E-state index in [0.29, 0.717) is 59.3 Å². The summed E-state index contributed by atoms with van der Waals surface area (Å²) in [5, 5.41) is 0. The van der Waals surface area contributed by atoms with Gasteiger partial charge in [-0.1, -0.05) is 199 Å². The molecular weight excluding hydrogens is 1110 g/mol. The van der Waals surface area contributed by atoms with Gasteiger partial charge in [0.05, 0.1) is 39.6 Å². The van der Waals surface area contributed by atoms with Crippen LogP contribution in [-0.2, 0) is 57.2 Å². The predicted molar refractivity (Wildman–Crippen MR) is 357 cm³/mol. The molecule has 0 aromatic carbocycles. The van der Waals surface area contributed by atoms with E-state index in [1.165, 1.54) is 36.5 Å². The van der Waals surface area contributed by atoms with Crippen molar-refractivity contribution in [3.8, 4) is 0 Å². The molecule has 0 radical (unpaired) electrons. The monoisotopic (exact) mass is 1240 g/mol. The summed E-state index contributed by atoms with van der Waals surface area (Å²) in [5.41, 5.74) is 0. The summed E-state index contributed by atoms with van der Waals surface area (Å²) >= 11 is 0. The van der Waals surface area contributed by atoms with Crippen LogP contribution in [0.2, 0.25) is 0 Å². The first kappa shape index (κ1) is 82.6. The summed E-state index contributed by atoms with van der Waals surface area (Å²) in [6.07, 6.45) is 41.6. The summed E-state index contributed by atoms with van der Waals surface area (Å²) in [5.74, 6) is -1.47. The summed E-state index contributed by atoms with van der Waals surface area (Å²) in [7, 11) is 0. The molecule has 0 fully saturated rings. The van der Waals surface area contributed by atoms with Crippen molar-refractivity contribution in [2.75, 3.05) is 78.9 Å². The molecule has 0 heterocycles. The van der Waals surface area contributed by atoms with E-state index in [2.05, 4.69) is 88.0 Å². The van der Waals surface area contributed by atoms with E-state index in [4.69, 9.17) is 28.4 Å². The molecule has 0 N–H and O–H groups in total. The second-order valence-corrected chi connectivity index (χ2v) is 23.7. The molecule has 16 nitrogen and oxygen atoms in total. The van der Waals surface area contributed by atoms with Gasteiger partial charge in [-0.25, -0.2) is 28.8 Å². The lowest BCUT2D eigenvalue weighted by Gasteiger charge is -2.29. The van der Waals surface area contributed by atoms with Gasteiger partial charge in [0, 0.05) is 113 Å². The Balaban J connectivity index is 7.59. The van der Waals surface area contributed by atoms with Crippen molar-refractivity contribution in [2.24, 2.45) is 35.5 Å². The van der Waals surface area contributed by atoms with Gasteiger partial charge in [0.2, 0.25) is 0 Å². The molecule has 0 amide bonds. The maximum absolute atomic E-state index is 13.3. The molecule has 6 atom stereocenters. The van der Waals surface area contributed by atoms with Crippen molar-refractivity contribution in [1.82, 2.24) is 19.6 Å². The molecule has 88 heavy (non-hydrogen) atoms. The zero-order valence-electron chi connectivity index (χ0n) is 57.5. The van der Waals surface area contributed by atoms with E-state index in [1.54, 1.807) is 51.9 Å². The maximum atomic E-state index is 13.3. The van der Waals surface area contributed by atoms with Crippen LogP contribution in [0, 0.1) is 35.5 Å². The fourth-order valence-corrected chi connectivity index (χ4v) is 9.52. The zero-order chi connectivity index (χ0) is 65.4. The summed E-state index contributed by atoms with van der Waals surface area (Å²) in [6, 6.07) is 0. The third-order valence-corrected chi connectivity index (χ3v) is 16.5. The van der Waals surface area contributed by atoms with Crippen molar-refractivity contribution in [3.05, 3.63) is 73.7 Å². The Morgan fingerprint density at radius 3 is 0.557 bits per heavy atom. The number of esters is 6. The standard InChI is InChI=1S/C72H126N4O12/c1-13-25-31-61(19-7)55-83-67(77)37-43-73(44-38-68(78)84-56-62(20-8)32-26-14-2)49-52-76(53-50-74(45-39-69(79)85-57-63(21-9)33-27-15-3)46-40-70(80)86-58-64(22-10)34-28-16-4)54-51-75(47-41-71(81)87-59-65(23-11)35-29-17-5)48-42-72(82)88-60-66(24-12)36-30-18-6/h37-48,61-66H,13-36,49-60H2,1-12H3/b43-37+,44-38+,45-39+,46-40+,47-41+,48-42+. The Bertz CT molecular complexity index is 1640. The number of ether oxygens (including phenoxy) is 6. The zero-order valence-corrected chi connectivity index (χ0v) is 57.5. The van der Waals surface area contributed by atoms with Gasteiger partial charge in [0.15, 0.2) is 0 Å². The first-order chi connectivity index (χ1) is 42.6. The molecule has 16 heteroatoms. The smallest absolute Gasteiger partial charge is 0.332 e. The highest BCUT2D eigenvalue weighted by molar-refractivity contribution is 5.84. The second-order valence-electron chi connectivity index (χ2n) is 23.7. The van der Waals surface area contributed by atoms with Crippen LogP contribution in [0.15, 0.2) is 73.7 Å². The van der Waals surface area contributed by atoms with Crippen molar-refractivity contribution in [3.63, 3.8) is 0 Å². The molecule has 0 aliphatic rings. The fourth-order valence-electron chi connectivity index (χ4n) is 9.52. The van der Waals surface area contributed by atoms with E-state index in [0.717, 1.165) is 154 Å². The summed E-state index contributed by atoms with van der Waals surface area (Å²) in [4.78, 5) is 87.2. The predicted octanol–water partition coefficient (Wildman–Crippen LogP) is 15.8. The molecule has 0 aromatic heterocycles. The van der Waals surface area contributed by atoms with Crippen LogP contribution in [0.1, 0.15) is 237 Å². The number of rotatable bonds is 57. The molecule has 0 spiro atoms. The molecule has 0 aromatic rings. The lowest BCUT2D eigenvalue weighted by molar-refractivity contribution is -0.140. The molecule has 0 saturated heterocycles. The van der Waals surface area contributed by atoms with Crippen LogP contribution in [-0.4, -0.2) is 134 Å². The molecule has 6 unspecified atom stereocenters. The third-order valence-electron chi connectivity index (χ3n) is 16.5. The Labute approximate surface area is 535 Å². The van der Waals surface area contributed by atoms with Gasteiger partial charge in [0.25, 0.3) is 0 Å². The highest BCUT2D eigenvalue weighted by atomic mass is 16.6. The first-order valence-electron chi connectivity index (χ1n) is 34.7. The van der Waals surface area contributed by atoms with E-state index >= 15 is 0 Å². The minimum Gasteiger partial charge on any atom is -0.462 e. The quantitative estimate of drug-likeness (QED) is 0.0320. The van der Waals surface area contributed by atoms with Crippen LogP contribution >= 0.6 is 0 Å². The molecule has 0 aliphatic carbocycles. The minimum absolute atomic E-state index is 0.253. The van der Waals surface area contributed by atoms with Crippen LogP contribution in [0.25, 0.3) is 0 Å². The molecule has 0 rings (SSSR count). The topological polar surface area (TPSA) is 171 Å². The largest absolute Gasteiger partial charge is 0.462 e. The Hall–Kier alpha value is -5.38. The minimum atomic E-state index is -0.498. The van der Waals surface area contributed by atoms with Crippen molar-refractivity contribution in [1.29, 1.82) is 0 Å². The first-order valence-corrected chi connectivity index (χ1v) is 34.7. The number of hydrogen-bond acceptors (Lipinski definition) is 16. The highest BCUT2D eigenvalue weighted by Gasteiger charge is 2.17. The number of carbonyl (C=O) groups is 6. The number of carbonyl (C=O) groups excluding carboxylic acids is 6. The van der Waals surface area contributed by atoms with E-state index in [9.17, 15) is 28.8 Å². The highest BCUT2D eigenvalue weighted by Crippen LogP contribution is 2.18. The van der Waals surface area contributed by atoms with E-state index in [-0.39, 0.29) is 55.1 Å². The van der Waals surface area contributed by atoms with Crippen LogP contribution < -0.4 is 0 Å². The normalized spacial score (nSPS) is 14.0. The average Bonchev–Trinajstić information content (AvgIpc) is 3.70. The lowest BCUT2D eigenvalue weighted by atomic mass is 10.0. The maximum Gasteiger partial charge on any atom is 0.332 e. The molecule has 506 valence electrons. The van der Waals surface area contributed by atoms with E-state index < -0.39 is 35.8 Å². The van der Waals surface area contributed by atoms with Crippen LogP contribution in [0.4, 0.5) is 0 Å². The number of unbranched alkanes of at least 4 members (excludes halogenated alkanes) is 6. The second kappa shape index (κ2) is 56.8. The van der Waals surface area contributed by atoms with Gasteiger partial charge in [-0.05, 0) is 74.0 Å². The molecule has 0 bridgehead atoms. The molecule has 0 aliphatic heterocycles. The Morgan fingerprint density at radius 1 is 0.261 bits per heavy atom. The third kappa shape index (κ3) is 45.8. The molecular formula is C72H126N4O12. The summed E-state index contributed by atoms with van der Waals surface area (Å²) in [6.45, 7) is 29.2. The average molecular weight is 1240 g/mol. The summed E-state index contributed by atoms with van der Waals surface area (Å²) < 4.78 is 34.4. The van der Waals surface area contributed by atoms with Gasteiger partial charge >= 0.3 is 35.8 Å². The van der Waals surface area contributed by atoms with Gasteiger partial charge in [-0.2, -0.15) is 0 Å². The fraction of sp³-hybridized carbons (Fsp3) is 0.750. The number of hydrogen-bond donors (Lipinski definition) is 0. The Kier molecular flexibility index (Phi) is 53.4. The van der Waals surface area contributed by atoms with Crippen LogP contribution in [0.3, 0.4) is 0 Å². The lowest BCUT2D eigenvalue weighted by Crippen LogP contribution is -2.39. The Morgan fingerprint density at radius 2 is 0.420 bits per heavy atom. The molecule has 0 saturated carbocycles. The van der Waals surface area contributed by atoms with Gasteiger partial charge in [0.1, 0.15) is 0 Å². The SMILES string of the molecule is CCCCC(CC)COC(=O)/C=C/N(/C=C/C(=O)OCC(CC)CCCC)CCN(CCN(/C=C/C(=O)OCC(CC)CCCC)/C=C/C(=O)OCC(CC)CCCC)CCN(/C=C/C(=O)OCC(CC)CCCC)/C=C/C(=O)OCC(CC)CCCC. The van der Waals surface area contributed by atoms with Gasteiger partial charge in [-0.15, -0.1) is 0 Å². The van der Waals surface area contributed by atoms with Crippen LogP contribution in [0.5, 0.6) is 0 Å². The number of nitrogens with zero attached hydrogens (tertiary/aromatic N) is 4. The van der Waals surface area contributed by atoms with Gasteiger partial charge in [-0.3, -0.25) is 4.90 Å². The van der Waals surface area contributed by atoms with Gasteiger partial charge < -0.3 is 43.1 Å². The van der Waals surface area contributed by atoms with Crippen molar-refractivity contribution < 1.29 is 57.2 Å². The van der Waals surface area contributed by atoms with Crippen molar-refractivity contribution in [2.45, 2.75) is 237 Å². The van der Waals surface area contributed by atoms with Crippen molar-refractivity contribution >= 4 is 35.8 Å². The van der Waals surface area contributed by atoms with E-state index in [1.807, 2.05) is 0 Å².